The Morgan fingerprint density at radius 3 is 1.95 bits per heavy atom. The highest BCUT2D eigenvalue weighted by atomic mass is 16.6. The molecule has 3 rings (SSSR count). The molecule has 0 heterocycles. The zero-order valence-corrected chi connectivity index (χ0v) is 22.1. The maximum Gasteiger partial charge on any atom is 0.334 e. The molecular formula is C28H30O10. The molecule has 0 radical (unpaired) electrons. The van der Waals surface area contributed by atoms with Crippen molar-refractivity contribution in [1.29, 1.82) is 0 Å². The minimum atomic E-state index is -1.11. The minimum Gasteiger partial charge on any atom is -0.493 e. The van der Waals surface area contributed by atoms with Crippen LogP contribution >= 0.6 is 0 Å². The molecule has 38 heavy (non-hydrogen) atoms. The number of fused-ring (bicyclic) bond motifs is 1. The van der Waals surface area contributed by atoms with Gasteiger partial charge in [0.1, 0.15) is 0 Å². The molecule has 2 unspecified atom stereocenters. The minimum absolute atomic E-state index is 0.0844. The maximum absolute atomic E-state index is 13.4. The van der Waals surface area contributed by atoms with Crippen LogP contribution in [0.25, 0.3) is 6.08 Å². The van der Waals surface area contributed by atoms with Crippen molar-refractivity contribution in [2.24, 2.45) is 5.92 Å². The van der Waals surface area contributed by atoms with Gasteiger partial charge in [-0.15, -0.1) is 0 Å². The highest BCUT2D eigenvalue weighted by Crippen LogP contribution is 2.48. The first-order chi connectivity index (χ1) is 18.1. The number of hydrogen-bond donors (Lipinski definition) is 0. The first kappa shape index (κ1) is 28.2. The van der Waals surface area contributed by atoms with Crippen molar-refractivity contribution in [3.05, 3.63) is 52.6 Å². The quantitative estimate of drug-likeness (QED) is 0.352. The predicted molar refractivity (Wildman–Crippen MR) is 135 cm³/mol. The molecule has 0 saturated heterocycles. The van der Waals surface area contributed by atoms with E-state index in [1.54, 1.807) is 44.2 Å². The van der Waals surface area contributed by atoms with Gasteiger partial charge >= 0.3 is 23.9 Å². The lowest BCUT2D eigenvalue weighted by Crippen LogP contribution is -2.33. The zero-order valence-electron chi connectivity index (χ0n) is 22.1. The van der Waals surface area contributed by atoms with Crippen molar-refractivity contribution in [1.82, 2.24) is 0 Å². The largest absolute Gasteiger partial charge is 0.493 e. The van der Waals surface area contributed by atoms with Gasteiger partial charge in [-0.25, -0.2) is 4.79 Å². The Morgan fingerprint density at radius 2 is 1.37 bits per heavy atom. The summed E-state index contributed by atoms with van der Waals surface area (Å²) >= 11 is 0. The molecule has 2 atom stereocenters. The lowest BCUT2D eigenvalue weighted by atomic mass is 9.71. The van der Waals surface area contributed by atoms with Gasteiger partial charge in [-0.2, -0.15) is 0 Å². The molecule has 2 aromatic rings. The van der Waals surface area contributed by atoms with Crippen molar-refractivity contribution >= 4 is 30.0 Å². The molecule has 1 aliphatic carbocycles. The van der Waals surface area contributed by atoms with Crippen molar-refractivity contribution in [2.45, 2.75) is 33.6 Å². The molecule has 0 bridgehead atoms. The van der Waals surface area contributed by atoms with E-state index in [1.807, 2.05) is 0 Å². The second-order valence-electron chi connectivity index (χ2n) is 8.26. The smallest absolute Gasteiger partial charge is 0.334 e. The first-order valence-corrected chi connectivity index (χ1v) is 12.0. The Hall–Kier alpha value is -4.34. The van der Waals surface area contributed by atoms with Gasteiger partial charge in [0.05, 0.1) is 38.9 Å². The van der Waals surface area contributed by atoms with Gasteiger partial charge in [-0.05, 0) is 60.9 Å². The fourth-order valence-electron chi connectivity index (χ4n) is 4.38. The highest BCUT2D eigenvalue weighted by Gasteiger charge is 2.43. The van der Waals surface area contributed by atoms with E-state index in [4.69, 9.17) is 28.4 Å². The predicted octanol–water partition coefficient (Wildman–Crippen LogP) is 3.83. The SMILES string of the molecule is CCOC(=O)C1=Cc2cc(OC)c(OC(C)=O)cc2C(c2ccc(OC(C)=O)c(OC)c2)C1C(=O)OCC. The number of carbonyl (C=O) groups excluding carboxylic acids is 4. The van der Waals surface area contributed by atoms with Crippen LogP contribution in [-0.4, -0.2) is 51.3 Å². The third-order valence-electron chi connectivity index (χ3n) is 5.79. The van der Waals surface area contributed by atoms with Crippen LogP contribution in [0.2, 0.25) is 0 Å². The Labute approximate surface area is 220 Å². The van der Waals surface area contributed by atoms with Crippen molar-refractivity contribution in [3.8, 4) is 23.0 Å². The van der Waals surface area contributed by atoms with E-state index in [0.717, 1.165) is 0 Å². The van der Waals surface area contributed by atoms with Crippen LogP contribution < -0.4 is 18.9 Å². The van der Waals surface area contributed by atoms with E-state index in [-0.39, 0.29) is 41.8 Å². The molecule has 2 aromatic carbocycles. The van der Waals surface area contributed by atoms with Crippen LogP contribution in [0.3, 0.4) is 0 Å². The second kappa shape index (κ2) is 12.3. The number of hydrogen-bond acceptors (Lipinski definition) is 10. The summed E-state index contributed by atoms with van der Waals surface area (Å²) in [4.78, 5) is 49.8. The standard InChI is InChI=1S/C28H30O10/c1-7-35-27(31)20-11-18-13-23(34-6)24(38-16(4)30)14-19(18)25(26(20)28(32)36-8-2)17-9-10-21(37-15(3)29)22(12-17)33-5/h9-14,25-26H,7-8H2,1-6H3. The molecule has 0 fully saturated rings. The summed E-state index contributed by atoms with van der Waals surface area (Å²) in [5.74, 6) is -3.49. The normalized spacial score (nSPS) is 15.9. The molecule has 10 heteroatoms. The second-order valence-corrected chi connectivity index (χ2v) is 8.26. The summed E-state index contributed by atoms with van der Waals surface area (Å²) in [5, 5.41) is 0. The highest BCUT2D eigenvalue weighted by molar-refractivity contribution is 6.02. The molecule has 0 aliphatic heterocycles. The van der Waals surface area contributed by atoms with Crippen LogP contribution in [0.5, 0.6) is 23.0 Å². The van der Waals surface area contributed by atoms with E-state index in [9.17, 15) is 19.2 Å². The lowest BCUT2D eigenvalue weighted by molar-refractivity contribution is -0.150. The molecule has 0 aromatic heterocycles. The monoisotopic (exact) mass is 526 g/mol. The Bertz CT molecular complexity index is 1280. The van der Waals surface area contributed by atoms with Crippen LogP contribution in [0.1, 0.15) is 50.3 Å². The fourth-order valence-corrected chi connectivity index (χ4v) is 4.38. The average Bonchev–Trinajstić information content (AvgIpc) is 2.87. The van der Waals surface area contributed by atoms with Gasteiger partial charge < -0.3 is 28.4 Å². The first-order valence-electron chi connectivity index (χ1n) is 12.0. The zero-order chi connectivity index (χ0) is 28.0. The van der Waals surface area contributed by atoms with Crippen LogP contribution in [0, 0.1) is 5.92 Å². The van der Waals surface area contributed by atoms with Crippen molar-refractivity contribution < 1.29 is 47.6 Å². The molecule has 0 spiro atoms. The summed E-state index contributed by atoms with van der Waals surface area (Å²) in [7, 11) is 2.84. The van der Waals surface area contributed by atoms with Gasteiger partial charge in [-0.3, -0.25) is 14.4 Å². The van der Waals surface area contributed by atoms with Crippen LogP contribution in [0.15, 0.2) is 35.9 Å². The van der Waals surface area contributed by atoms with Crippen LogP contribution in [0.4, 0.5) is 0 Å². The van der Waals surface area contributed by atoms with Crippen LogP contribution in [-0.2, 0) is 28.7 Å². The van der Waals surface area contributed by atoms with Gasteiger partial charge in [0.2, 0.25) is 0 Å². The number of benzene rings is 2. The summed E-state index contributed by atoms with van der Waals surface area (Å²) in [5.41, 5.74) is 1.75. The number of esters is 4. The number of ether oxygens (including phenoxy) is 6. The molecule has 202 valence electrons. The molecule has 0 saturated carbocycles. The fraction of sp³-hybridized carbons (Fsp3) is 0.357. The summed E-state index contributed by atoms with van der Waals surface area (Å²) < 4.78 is 32.1. The molecule has 0 amide bonds. The topological polar surface area (TPSA) is 124 Å². The molecule has 0 N–H and O–H groups in total. The lowest BCUT2D eigenvalue weighted by Gasteiger charge is -2.33. The van der Waals surface area contributed by atoms with Gasteiger partial charge in [0.25, 0.3) is 0 Å². The van der Waals surface area contributed by atoms with Gasteiger partial charge in [-0.1, -0.05) is 6.07 Å². The van der Waals surface area contributed by atoms with Crippen molar-refractivity contribution in [2.75, 3.05) is 27.4 Å². The molecule has 1 aliphatic rings. The van der Waals surface area contributed by atoms with E-state index in [2.05, 4.69) is 0 Å². The summed E-state index contributed by atoms with van der Waals surface area (Å²) in [6.07, 6.45) is 1.55. The molecular weight excluding hydrogens is 496 g/mol. The Balaban J connectivity index is 2.34. The summed E-state index contributed by atoms with van der Waals surface area (Å²) in [6, 6.07) is 8.02. The number of carbonyl (C=O) groups is 4. The van der Waals surface area contributed by atoms with E-state index in [0.29, 0.717) is 16.7 Å². The number of rotatable bonds is 9. The maximum atomic E-state index is 13.4. The van der Waals surface area contributed by atoms with Gasteiger partial charge in [0.15, 0.2) is 23.0 Å². The Morgan fingerprint density at radius 1 is 0.763 bits per heavy atom. The van der Waals surface area contributed by atoms with Crippen molar-refractivity contribution in [3.63, 3.8) is 0 Å². The number of methoxy groups -OCH3 is 2. The van der Waals surface area contributed by atoms with E-state index in [1.165, 1.54) is 34.1 Å². The average molecular weight is 527 g/mol. The third kappa shape index (κ3) is 5.96. The van der Waals surface area contributed by atoms with Gasteiger partial charge in [0, 0.05) is 19.8 Å². The summed E-state index contributed by atoms with van der Waals surface area (Å²) in [6.45, 7) is 6.04. The third-order valence-corrected chi connectivity index (χ3v) is 5.79. The van der Waals surface area contributed by atoms with E-state index < -0.39 is 35.7 Å². The van der Waals surface area contributed by atoms with E-state index >= 15 is 0 Å². The Kier molecular flexibility index (Phi) is 9.11. The molecule has 10 nitrogen and oxygen atoms in total.